The normalized spacial score (nSPS) is 24.8. The van der Waals surface area contributed by atoms with Gasteiger partial charge in [-0.25, -0.2) is 0 Å². The van der Waals surface area contributed by atoms with Crippen LogP contribution in [-0.2, 0) is 0 Å². The van der Waals surface area contributed by atoms with Gasteiger partial charge in [0.1, 0.15) is 5.75 Å². The molecule has 29 heavy (non-hydrogen) atoms. The van der Waals surface area contributed by atoms with E-state index < -0.39 is 6.36 Å². The lowest BCUT2D eigenvalue weighted by Crippen LogP contribution is -2.33. The third-order valence-electron chi connectivity index (χ3n) is 6.33. The van der Waals surface area contributed by atoms with Crippen molar-refractivity contribution in [1.82, 2.24) is 10.2 Å². The molecule has 3 atom stereocenters. The number of unbranched alkanes of at least 4 members (excludes halogenated alkanes) is 1. The lowest BCUT2D eigenvalue weighted by Gasteiger charge is -2.25. The third-order valence-corrected chi connectivity index (χ3v) is 6.33. The van der Waals surface area contributed by atoms with Crippen molar-refractivity contribution in [1.29, 1.82) is 0 Å². The molecule has 0 spiro atoms. The summed E-state index contributed by atoms with van der Waals surface area (Å²) in [7, 11) is 0. The molecule has 2 aliphatic rings. The summed E-state index contributed by atoms with van der Waals surface area (Å²) in [6, 6.07) is 5.20. The van der Waals surface area contributed by atoms with Gasteiger partial charge in [0.25, 0.3) is 5.91 Å². The average Bonchev–Trinajstić information content (AvgIpc) is 3.12. The van der Waals surface area contributed by atoms with Crippen molar-refractivity contribution in [2.24, 2.45) is 23.7 Å². The number of nitrogens with zero attached hydrogens (tertiary/aromatic N) is 1. The highest BCUT2D eigenvalue weighted by Gasteiger charge is 2.55. The molecule has 1 saturated carbocycles. The summed E-state index contributed by atoms with van der Waals surface area (Å²) in [6.45, 7) is 8.46. The molecule has 1 heterocycles. The van der Waals surface area contributed by atoms with Gasteiger partial charge >= 0.3 is 6.36 Å². The summed E-state index contributed by atoms with van der Waals surface area (Å²) in [5.41, 5.74) is 0.181. The highest BCUT2D eigenvalue weighted by Crippen LogP contribution is 2.51. The molecule has 1 N–H and O–H groups in total. The van der Waals surface area contributed by atoms with Gasteiger partial charge in [0.05, 0.1) is 0 Å². The number of nitrogens with one attached hydrogen (secondary N) is 1. The Morgan fingerprint density at radius 3 is 2.62 bits per heavy atom. The molecule has 3 rings (SSSR count). The van der Waals surface area contributed by atoms with Crippen LogP contribution in [0, 0.1) is 23.7 Å². The number of alkyl halides is 3. The van der Waals surface area contributed by atoms with Crippen LogP contribution in [0.4, 0.5) is 13.2 Å². The van der Waals surface area contributed by atoms with E-state index in [9.17, 15) is 18.0 Å². The molecule has 3 unspecified atom stereocenters. The van der Waals surface area contributed by atoms with E-state index in [2.05, 4.69) is 28.8 Å². The summed E-state index contributed by atoms with van der Waals surface area (Å²) in [5.74, 6) is 1.80. The molecule has 1 amide bonds. The molecule has 2 fully saturated rings. The number of carbonyl (C=O) groups is 1. The number of carbonyl (C=O) groups excluding carboxylic acids is 1. The average molecular weight is 412 g/mol. The van der Waals surface area contributed by atoms with Gasteiger partial charge in [0.2, 0.25) is 0 Å². The van der Waals surface area contributed by atoms with Crippen molar-refractivity contribution in [3.05, 3.63) is 29.8 Å². The predicted molar refractivity (Wildman–Crippen MR) is 106 cm³/mol. The Bertz CT molecular complexity index is 683. The number of rotatable bonds is 10. The lowest BCUT2D eigenvalue weighted by atomic mass is 9.98. The van der Waals surface area contributed by atoms with Crippen LogP contribution < -0.4 is 10.1 Å². The summed E-state index contributed by atoms with van der Waals surface area (Å²) in [4.78, 5) is 14.9. The van der Waals surface area contributed by atoms with Gasteiger partial charge in [-0.3, -0.25) is 4.79 Å². The fourth-order valence-electron chi connectivity index (χ4n) is 4.62. The van der Waals surface area contributed by atoms with E-state index in [0.29, 0.717) is 24.3 Å². The van der Waals surface area contributed by atoms with Crippen LogP contribution in [0.2, 0.25) is 0 Å². The van der Waals surface area contributed by atoms with Gasteiger partial charge in [-0.2, -0.15) is 0 Å². The molecule has 0 radical (unpaired) electrons. The van der Waals surface area contributed by atoms with Gasteiger partial charge in [-0.15, -0.1) is 13.2 Å². The fourth-order valence-corrected chi connectivity index (χ4v) is 4.62. The summed E-state index contributed by atoms with van der Waals surface area (Å²) in [6.07, 6.45) is 0.301. The van der Waals surface area contributed by atoms with Gasteiger partial charge in [-0.05, 0) is 48.3 Å². The van der Waals surface area contributed by atoms with Crippen LogP contribution in [-0.4, -0.2) is 43.3 Å². The molecular weight excluding hydrogens is 381 g/mol. The minimum Gasteiger partial charge on any atom is -0.406 e. The van der Waals surface area contributed by atoms with Crippen LogP contribution >= 0.6 is 0 Å². The predicted octanol–water partition coefficient (Wildman–Crippen LogP) is 4.71. The SMILES string of the molecule is CCCCC(CC)CN1CC2C(CNC(=O)c3cccc(OC(F)(F)F)c3)C2C1. The second kappa shape index (κ2) is 9.37. The number of hydrogen-bond acceptors (Lipinski definition) is 3. The third kappa shape index (κ3) is 6.11. The zero-order chi connectivity index (χ0) is 21.0. The van der Waals surface area contributed by atoms with Crippen molar-refractivity contribution < 1.29 is 22.7 Å². The number of ether oxygens (including phenoxy) is 1. The van der Waals surface area contributed by atoms with Crippen LogP contribution in [0.1, 0.15) is 49.9 Å². The first-order chi connectivity index (χ1) is 13.8. The topological polar surface area (TPSA) is 41.6 Å². The van der Waals surface area contributed by atoms with E-state index in [0.717, 1.165) is 25.1 Å². The standard InChI is InChI=1S/C22H31F3N2O2/c1-3-5-7-15(4-2)12-27-13-19-18(20(19)14-27)11-26-21(28)16-8-6-9-17(10-16)29-22(23,24)25/h6,8-10,15,18-20H,3-5,7,11-14H2,1-2H3,(H,26,28). The van der Waals surface area contributed by atoms with Crippen molar-refractivity contribution >= 4 is 5.91 Å². The van der Waals surface area contributed by atoms with Crippen molar-refractivity contribution in [2.75, 3.05) is 26.2 Å². The van der Waals surface area contributed by atoms with E-state index >= 15 is 0 Å². The zero-order valence-corrected chi connectivity index (χ0v) is 17.2. The molecule has 1 aromatic rings. The van der Waals surface area contributed by atoms with Crippen LogP contribution in [0.3, 0.4) is 0 Å². The summed E-state index contributed by atoms with van der Waals surface area (Å²) in [5, 5.41) is 2.88. The Morgan fingerprint density at radius 1 is 1.28 bits per heavy atom. The van der Waals surface area contributed by atoms with Gasteiger partial charge < -0.3 is 15.0 Å². The Kier molecular flexibility index (Phi) is 7.09. The van der Waals surface area contributed by atoms with Gasteiger partial charge in [0.15, 0.2) is 0 Å². The number of hydrogen-bond donors (Lipinski definition) is 1. The quantitative estimate of drug-likeness (QED) is 0.605. The molecule has 0 aromatic heterocycles. The van der Waals surface area contributed by atoms with Crippen LogP contribution in [0.15, 0.2) is 24.3 Å². The first kappa shape index (κ1) is 21.9. The van der Waals surface area contributed by atoms with E-state index in [1.54, 1.807) is 0 Å². The maximum atomic E-state index is 12.3. The fraction of sp³-hybridized carbons (Fsp3) is 0.682. The molecule has 1 aliphatic carbocycles. The lowest BCUT2D eigenvalue weighted by molar-refractivity contribution is -0.274. The molecule has 162 valence electrons. The maximum absolute atomic E-state index is 12.3. The number of likely N-dealkylation sites (tertiary alicyclic amines) is 1. The Morgan fingerprint density at radius 2 is 2.00 bits per heavy atom. The molecule has 7 heteroatoms. The largest absolute Gasteiger partial charge is 0.573 e. The molecule has 4 nitrogen and oxygen atoms in total. The number of benzene rings is 1. The monoisotopic (exact) mass is 412 g/mol. The Labute approximate surface area is 170 Å². The molecule has 1 aliphatic heterocycles. The molecule has 1 aromatic carbocycles. The molecule has 0 bridgehead atoms. The molecular formula is C22H31F3N2O2. The second-order valence-corrected chi connectivity index (χ2v) is 8.41. The van der Waals surface area contributed by atoms with Crippen molar-refractivity contribution in [3.8, 4) is 5.75 Å². The van der Waals surface area contributed by atoms with Crippen LogP contribution in [0.5, 0.6) is 5.75 Å². The minimum atomic E-state index is -4.76. The summed E-state index contributed by atoms with van der Waals surface area (Å²) >= 11 is 0. The highest BCUT2D eigenvalue weighted by atomic mass is 19.4. The van der Waals surface area contributed by atoms with Crippen molar-refractivity contribution in [3.63, 3.8) is 0 Å². The van der Waals surface area contributed by atoms with Crippen LogP contribution in [0.25, 0.3) is 0 Å². The van der Waals surface area contributed by atoms with E-state index in [-0.39, 0.29) is 17.2 Å². The summed E-state index contributed by atoms with van der Waals surface area (Å²) < 4.78 is 40.9. The first-order valence-electron chi connectivity index (χ1n) is 10.7. The van der Waals surface area contributed by atoms with Gasteiger partial charge in [0, 0.05) is 31.7 Å². The number of halogens is 3. The smallest absolute Gasteiger partial charge is 0.406 e. The molecule has 1 saturated heterocycles. The van der Waals surface area contributed by atoms with E-state index in [1.807, 2.05) is 0 Å². The van der Waals surface area contributed by atoms with E-state index in [4.69, 9.17) is 0 Å². The minimum absolute atomic E-state index is 0.181. The number of piperidine rings is 1. The van der Waals surface area contributed by atoms with E-state index in [1.165, 1.54) is 50.4 Å². The second-order valence-electron chi connectivity index (χ2n) is 8.41. The number of fused-ring (bicyclic) bond motifs is 1. The zero-order valence-electron chi connectivity index (χ0n) is 17.2. The van der Waals surface area contributed by atoms with Gasteiger partial charge in [-0.1, -0.05) is 39.2 Å². The van der Waals surface area contributed by atoms with Crippen molar-refractivity contribution in [2.45, 2.75) is 45.9 Å². The Hall–Kier alpha value is -1.76. The Balaban J connectivity index is 1.41. The maximum Gasteiger partial charge on any atom is 0.573 e. The number of amides is 1. The first-order valence-corrected chi connectivity index (χ1v) is 10.7. The highest BCUT2D eigenvalue weighted by molar-refractivity contribution is 5.94.